The van der Waals surface area contributed by atoms with Crippen molar-refractivity contribution in [2.45, 2.75) is 52.0 Å². The minimum absolute atomic E-state index is 0.123. The second kappa shape index (κ2) is 5.63. The van der Waals surface area contributed by atoms with Crippen molar-refractivity contribution in [3.05, 3.63) is 16.1 Å². The van der Waals surface area contributed by atoms with Crippen LogP contribution in [0, 0.1) is 5.92 Å². The van der Waals surface area contributed by atoms with E-state index in [-0.39, 0.29) is 5.91 Å². The van der Waals surface area contributed by atoms with E-state index in [1.54, 1.807) is 11.3 Å². The van der Waals surface area contributed by atoms with Gasteiger partial charge >= 0.3 is 0 Å². The number of rotatable bonds is 5. The number of amides is 1. The Labute approximate surface area is 107 Å². The molecule has 0 aromatic carbocycles. The van der Waals surface area contributed by atoms with Crippen LogP contribution in [0.2, 0.25) is 0 Å². The highest BCUT2D eigenvalue weighted by atomic mass is 32.1. The monoisotopic (exact) mass is 252 g/mol. The van der Waals surface area contributed by atoms with E-state index in [0.29, 0.717) is 24.8 Å². The molecule has 94 valence electrons. The van der Waals surface area contributed by atoms with Gasteiger partial charge in [0.1, 0.15) is 0 Å². The zero-order chi connectivity index (χ0) is 12.3. The summed E-state index contributed by atoms with van der Waals surface area (Å²) in [4.78, 5) is 16.1. The molecule has 1 N–H and O–H groups in total. The molecule has 17 heavy (non-hydrogen) atoms. The molecule has 4 heteroatoms. The third-order valence-electron chi connectivity index (χ3n) is 3.08. The molecule has 1 amide bonds. The van der Waals surface area contributed by atoms with Crippen LogP contribution in [0.3, 0.4) is 0 Å². The first-order valence-corrected chi connectivity index (χ1v) is 7.24. The lowest BCUT2D eigenvalue weighted by molar-refractivity contribution is -0.121. The highest BCUT2D eigenvalue weighted by Gasteiger charge is 2.22. The lowest BCUT2D eigenvalue weighted by Gasteiger charge is -2.22. The van der Waals surface area contributed by atoms with Gasteiger partial charge in [-0.1, -0.05) is 20.3 Å². The molecule has 1 aliphatic carbocycles. The Morgan fingerprint density at radius 2 is 2.35 bits per heavy atom. The second-order valence-electron chi connectivity index (χ2n) is 5.18. The van der Waals surface area contributed by atoms with Crippen molar-refractivity contribution < 1.29 is 4.79 Å². The van der Waals surface area contributed by atoms with Gasteiger partial charge in [-0.05, 0) is 18.8 Å². The third-order valence-corrected chi connectivity index (χ3v) is 4.14. The van der Waals surface area contributed by atoms with Crippen LogP contribution in [0.25, 0.3) is 0 Å². The second-order valence-corrected chi connectivity index (χ2v) is 6.07. The van der Waals surface area contributed by atoms with Gasteiger partial charge in [0.25, 0.3) is 0 Å². The number of hydrogen-bond acceptors (Lipinski definition) is 3. The first kappa shape index (κ1) is 12.6. The number of nitrogens with zero attached hydrogens (tertiary/aromatic N) is 1. The van der Waals surface area contributed by atoms with Gasteiger partial charge < -0.3 is 5.32 Å². The van der Waals surface area contributed by atoms with Crippen molar-refractivity contribution in [1.29, 1.82) is 0 Å². The molecule has 1 aliphatic rings. The summed E-state index contributed by atoms with van der Waals surface area (Å²) in [6.07, 6.45) is 4.50. The van der Waals surface area contributed by atoms with Gasteiger partial charge in [-0.25, -0.2) is 4.98 Å². The first-order valence-electron chi connectivity index (χ1n) is 6.36. The fourth-order valence-corrected chi connectivity index (χ4v) is 2.87. The highest BCUT2D eigenvalue weighted by molar-refractivity contribution is 7.09. The summed E-state index contributed by atoms with van der Waals surface area (Å²) < 4.78 is 0. The Kier molecular flexibility index (Phi) is 4.15. The Bertz CT molecular complexity index is 383. The standard InChI is InChI=1S/C13H20N2OS/c1-9(2)6-12(16)14-7-11-8-17-13(15-11)10-4-3-5-10/h8-10H,3-7H2,1-2H3,(H,14,16). The van der Waals surface area contributed by atoms with Gasteiger partial charge in [-0.3, -0.25) is 4.79 Å². The Morgan fingerprint density at radius 1 is 1.59 bits per heavy atom. The predicted octanol–water partition coefficient (Wildman–Crippen LogP) is 3.07. The van der Waals surface area contributed by atoms with Crippen LogP contribution in [0.5, 0.6) is 0 Å². The predicted molar refractivity (Wildman–Crippen MR) is 70.0 cm³/mol. The van der Waals surface area contributed by atoms with Gasteiger partial charge in [0, 0.05) is 17.7 Å². The van der Waals surface area contributed by atoms with Crippen LogP contribution < -0.4 is 5.32 Å². The van der Waals surface area contributed by atoms with Gasteiger partial charge in [-0.2, -0.15) is 0 Å². The maximum atomic E-state index is 11.5. The van der Waals surface area contributed by atoms with Crippen molar-refractivity contribution in [1.82, 2.24) is 10.3 Å². The third kappa shape index (κ3) is 3.53. The molecule has 0 atom stereocenters. The van der Waals surface area contributed by atoms with Crippen LogP contribution in [0.15, 0.2) is 5.38 Å². The van der Waals surface area contributed by atoms with Crippen molar-refractivity contribution in [2.24, 2.45) is 5.92 Å². The SMILES string of the molecule is CC(C)CC(=O)NCc1csc(C2CCC2)n1. The fraction of sp³-hybridized carbons (Fsp3) is 0.692. The lowest BCUT2D eigenvalue weighted by Crippen LogP contribution is -2.24. The average molecular weight is 252 g/mol. The van der Waals surface area contributed by atoms with Crippen LogP contribution in [-0.2, 0) is 11.3 Å². The van der Waals surface area contributed by atoms with Crippen molar-refractivity contribution in [3.63, 3.8) is 0 Å². The summed E-state index contributed by atoms with van der Waals surface area (Å²) >= 11 is 1.74. The number of hydrogen-bond donors (Lipinski definition) is 1. The summed E-state index contributed by atoms with van der Waals surface area (Å²) in [7, 11) is 0. The molecule has 1 heterocycles. The molecular weight excluding hydrogens is 232 g/mol. The maximum Gasteiger partial charge on any atom is 0.220 e. The quantitative estimate of drug-likeness (QED) is 0.875. The van der Waals surface area contributed by atoms with Gasteiger partial charge in [0.05, 0.1) is 17.2 Å². The van der Waals surface area contributed by atoms with E-state index < -0.39 is 0 Å². The molecule has 3 nitrogen and oxygen atoms in total. The normalized spacial score (nSPS) is 15.9. The number of aromatic nitrogens is 1. The fourth-order valence-electron chi connectivity index (χ4n) is 1.88. The summed E-state index contributed by atoms with van der Waals surface area (Å²) in [5.74, 6) is 1.23. The number of carbonyl (C=O) groups is 1. The van der Waals surface area contributed by atoms with E-state index in [1.165, 1.54) is 24.3 Å². The molecule has 0 radical (unpaired) electrons. The minimum Gasteiger partial charge on any atom is -0.350 e. The van der Waals surface area contributed by atoms with E-state index in [1.807, 2.05) is 0 Å². The molecule has 0 saturated heterocycles. The summed E-state index contributed by atoms with van der Waals surface area (Å²) in [5.41, 5.74) is 1.01. The van der Waals surface area contributed by atoms with E-state index in [9.17, 15) is 4.79 Å². The Hall–Kier alpha value is -0.900. The van der Waals surface area contributed by atoms with E-state index >= 15 is 0 Å². The molecule has 0 bridgehead atoms. The molecule has 0 aliphatic heterocycles. The Morgan fingerprint density at radius 3 is 2.94 bits per heavy atom. The molecule has 1 aromatic heterocycles. The van der Waals surface area contributed by atoms with Crippen molar-refractivity contribution in [3.8, 4) is 0 Å². The van der Waals surface area contributed by atoms with E-state index in [0.717, 1.165) is 5.69 Å². The van der Waals surface area contributed by atoms with Crippen molar-refractivity contribution >= 4 is 17.2 Å². The summed E-state index contributed by atoms with van der Waals surface area (Å²) in [5, 5.41) is 6.25. The van der Waals surface area contributed by atoms with Crippen molar-refractivity contribution in [2.75, 3.05) is 0 Å². The van der Waals surface area contributed by atoms with E-state index in [2.05, 4.69) is 29.5 Å². The number of nitrogens with one attached hydrogen (secondary N) is 1. The van der Waals surface area contributed by atoms with Crippen LogP contribution >= 0.6 is 11.3 Å². The summed E-state index contributed by atoms with van der Waals surface area (Å²) in [6, 6.07) is 0. The lowest BCUT2D eigenvalue weighted by atomic mass is 9.86. The molecule has 0 spiro atoms. The van der Waals surface area contributed by atoms with Gasteiger partial charge in [-0.15, -0.1) is 11.3 Å². The molecular formula is C13H20N2OS. The van der Waals surface area contributed by atoms with Crippen LogP contribution in [0.1, 0.15) is 56.2 Å². The van der Waals surface area contributed by atoms with Gasteiger partial charge in [0.2, 0.25) is 5.91 Å². The number of carbonyl (C=O) groups excluding carboxylic acids is 1. The average Bonchev–Trinajstić information content (AvgIpc) is 2.59. The molecule has 1 fully saturated rings. The smallest absolute Gasteiger partial charge is 0.220 e. The zero-order valence-corrected chi connectivity index (χ0v) is 11.3. The molecule has 1 saturated carbocycles. The van der Waals surface area contributed by atoms with Crippen LogP contribution in [0.4, 0.5) is 0 Å². The minimum atomic E-state index is 0.123. The topological polar surface area (TPSA) is 42.0 Å². The van der Waals surface area contributed by atoms with E-state index in [4.69, 9.17) is 0 Å². The Balaban J connectivity index is 1.78. The highest BCUT2D eigenvalue weighted by Crippen LogP contribution is 2.37. The molecule has 1 aromatic rings. The first-order chi connectivity index (χ1) is 8.15. The maximum absolute atomic E-state index is 11.5. The summed E-state index contributed by atoms with van der Waals surface area (Å²) in [6.45, 7) is 4.68. The number of thiazole rings is 1. The molecule has 0 unspecified atom stereocenters. The molecule has 2 rings (SSSR count). The van der Waals surface area contributed by atoms with Crippen LogP contribution in [-0.4, -0.2) is 10.9 Å². The largest absolute Gasteiger partial charge is 0.350 e. The zero-order valence-electron chi connectivity index (χ0n) is 10.5. The van der Waals surface area contributed by atoms with Gasteiger partial charge in [0.15, 0.2) is 0 Å².